The predicted octanol–water partition coefficient (Wildman–Crippen LogP) is -0.170. The Morgan fingerprint density at radius 2 is 2.07 bits per heavy atom. The van der Waals surface area contributed by atoms with Crippen molar-refractivity contribution >= 4 is 5.91 Å². The Kier molecular flexibility index (Phi) is 8.17. The maximum atomic E-state index is 10.7. The predicted molar refractivity (Wildman–Crippen MR) is 59.2 cm³/mol. The van der Waals surface area contributed by atoms with Gasteiger partial charge in [0.2, 0.25) is 5.91 Å². The van der Waals surface area contributed by atoms with Gasteiger partial charge in [-0.3, -0.25) is 4.79 Å². The number of hydrogen-bond donors (Lipinski definition) is 2. The summed E-state index contributed by atoms with van der Waals surface area (Å²) < 4.78 is 0. The van der Waals surface area contributed by atoms with Crippen molar-refractivity contribution in [3.05, 3.63) is 12.7 Å². The molecule has 0 rings (SSSR count). The van der Waals surface area contributed by atoms with Crippen molar-refractivity contribution in [2.24, 2.45) is 0 Å². The van der Waals surface area contributed by atoms with Gasteiger partial charge in [-0.15, -0.1) is 0 Å². The molecule has 14 heavy (non-hydrogen) atoms. The van der Waals surface area contributed by atoms with Gasteiger partial charge in [0.05, 0.1) is 0 Å². The Labute approximate surface area is 86.4 Å². The van der Waals surface area contributed by atoms with Gasteiger partial charge in [-0.2, -0.15) is 0 Å². The maximum absolute atomic E-state index is 10.7. The van der Waals surface area contributed by atoms with Crippen LogP contribution in [-0.2, 0) is 4.79 Å². The van der Waals surface area contributed by atoms with Crippen LogP contribution in [0.25, 0.3) is 0 Å². The lowest BCUT2D eigenvalue weighted by atomic mass is 10.4. The minimum Gasteiger partial charge on any atom is -0.351 e. The fourth-order valence-electron chi connectivity index (χ4n) is 0.992. The average molecular weight is 199 g/mol. The normalized spacial score (nSPS) is 10.2. The fraction of sp³-hybridized carbons (Fsp3) is 0.700. The Morgan fingerprint density at radius 1 is 1.36 bits per heavy atom. The summed E-state index contributed by atoms with van der Waals surface area (Å²) in [5.41, 5.74) is 0. The van der Waals surface area contributed by atoms with Crippen molar-refractivity contribution in [1.82, 2.24) is 15.5 Å². The molecule has 0 fully saturated rings. The first-order valence-corrected chi connectivity index (χ1v) is 4.92. The maximum Gasteiger partial charge on any atom is 0.243 e. The minimum absolute atomic E-state index is 0.111. The van der Waals surface area contributed by atoms with Crippen LogP contribution in [0.15, 0.2) is 12.7 Å². The molecule has 0 aliphatic rings. The second-order valence-corrected chi connectivity index (χ2v) is 3.40. The van der Waals surface area contributed by atoms with E-state index in [2.05, 4.69) is 36.2 Å². The van der Waals surface area contributed by atoms with E-state index >= 15 is 0 Å². The highest BCUT2D eigenvalue weighted by atomic mass is 16.1. The first-order chi connectivity index (χ1) is 6.66. The second kappa shape index (κ2) is 8.72. The van der Waals surface area contributed by atoms with E-state index in [1.807, 2.05) is 0 Å². The highest BCUT2D eigenvalue weighted by Gasteiger charge is 1.92. The van der Waals surface area contributed by atoms with Crippen LogP contribution in [0.1, 0.15) is 6.42 Å². The number of nitrogens with zero attached hydrogens (tertiary/aromatic N) is 1. The van der Waals surface area contributed by atoms with Gasteiger partial charge in [0.1, 0.15) is 0 Å². The summed E-state index contributed by atoms with van der Waals surface area (Å²) in [6.07, 6.45) is 2.41. The van der Waals surface area contributed by atoms with Crippen molar-refractivity contribution < 1.29 is 4.79 Å². The third-order valence-corrected chi connectivity index (χ3v) is 1.75. The first-order valence-electron chi connectivity index (χ1n) is 4.92. The Morgan fingerprint density at radius 3 is 2.64 bits per heavy atom. The molecule has 0 saturated heterocycles. The van der Waals surface area contributed by atoms with E-state index in [1.165, 1.54) is 6.08 Å². The molecule has 0 aromatic rings. The molecule has 0 bridgehead atoms. The van der Waals surface area contributed by atoms with Crippen LogP contribution in [0.4, 0.5) is 0 Å². The third-order valence-electron chi connectivity index (χ3n) is 1.75. The standard InChI is InChI=1S/C10H21N3O/c1-4-10(14)12-8-7-11-6-5-9-13(2)3/h4,11H,1,5-9H2,2-3H3,(H,12,14). The molecule has 1 amide bonds. The highest BCUT2D eigenvalue weighted by molar-refractivity contribution is 5.86. The molecule has 0 atom stereocenters. The molecule has 0 unspecified atom stereocenters. The zero-order chi connectivity index (χ0) is 10.8. The second-order valence-electron chi connectivity index (χ2n) is 3.40. The van der Waals surface area contributed by atoms with Gasteiger partial charge in [0.15, 0.2) is 0 Å². The topological polar surface area (TPSA) is 44.4 Å². The van der Waals surface area contributed by atoms with Gasteiger partial charge in [-0.25, -0.2) is 0 Å². The molecule has 0 aromatic carbocycles. The van der Waals surface area contributed by atoms with Gasteiger partial charge in [-0.1, -0.05) is 6.58 Å². The average Bonchev–Trinajstić information content (AvgIpc) is 2.15. The van der Waals surface area contributed by atoms with Gasteiger partial charge in [-0.05, 0) is 39.7 Å². The third kappa shape index (κ3) is 9.22. The minimum atomic E-state index is -0.111. The van der Waals surface area contributed by atoms with Gasteiger partial charge < -0.3 is 15.5 Å². The summed E-state index contributed by atoms with van der Waals surface area (Å²) in [6.45, 7) is 6.92. The van der Waals surface area contributed by atoms with Gasteiger partial charge in [0.25, 0.3) is 0 Å². The van der Waals surface area contributed by atoms with E-state index in [0.29, 0.717) is 6.54 Å². The SMILES string of the molecule is C=CC(=O)NCCNCCCN(C)C. The van der Waals surface area contributed by atoms with E-state index in [9.17, 15) is 4.79 Å². The lowest BCUT2D eigenvalue weighted by Gasteiger charge is -2.09. The largest absolute Gasteiger partial charge is 0.351 e. The molecule has 0 saturated carbocycles. The zero-order valence-corrected chi connectivity index (χ0v) is 9.18. The van der Waals surface area contributed by atoms with Crippen molar-refractivity contribution in [1.29, 1.82) is 0 Å². The van der Waals surface area contributed by atoms with Crippen molar-refractivity contribution in [3.63, 3.8) is 0 Å². The molecule has 4 heteroatoms. The number of carbonyl (C=O) groups excluding carboxylic acids is 1. The molecular weight excluding hydrogens is 178 g/mol. The summed E-state index contributed by atoms with van der Waals surface area (Å²) in [7, 11) is 4.12. The van der Waals surface area contributed by atoms with E-state index in [-0.39, 0.29) is 5.91 Å². The summed E-state index contributed by atoms with van der Waals surface area (Å²) >= 11 is 0. The lowest BCUT2D eigenvalue weighted by molar-refractivity contribution is -0.116. The van der Waals surface area contributed by atoms with E-state index in [0.717, 1.165) is 26.1 Å². The van der Waals surface area contributed by atoms with Gasteiger partial charge >= 0.3 is 0 Å². The summed E-state index contributed by atoms with van der Waals surface area (Å²) in [4.78, 5) is 12.9. The number of hydrogen-bond acceptors (Lipinski definition) is 3. The van der Waals surface area contributed by atoms with Crippen LogP contribution >= 0.6 is 0 Å². The van der Waals surface area contributed by atoms with Crippen LogP contribution in [0.5, 0.6) is 0 Å². The summed E-state index contributed by atoms with van der Waals surface area (Å²) in [5, 5.41) is 5.95. The fourth-order valence-corrected chi connectivity index (χ4v) is 0.992. The quantitative estimate of drug-likeness (QED) is 0.421. The van der Waals surface area contributed by atoms with Crippen LogP contribution < -0.4 is 10.6 Å². The van der Waals surface area contributed by atoms with Crippen LogP contribution in [0.2, 0.25) is 0 Å². The summed E-state index contributed by atoms with van der Waals surface area (Å²) in [6, 6.07) is 0. The van der Waals surface area contributed by atoms with Crippen molar-refractivity contribution in [2.45, 2.75) is 6.42 Å². The number of amides is 1. The molecule has 2 N–H and O–H groups in total. The van der Waals surface area contributed by atoms with Gasteiger partial charge in [0, 0.05) is 13.1 Å². The first kappa shape index (κ1) is 13.1. The molecule has 4 nitrogen and oxygen atoms in total. The molecule has 0 aromatic heterocycles. The Bertz CT molecular complexity index is 169. The molecular formula is C10H21N3O. The van der Waals surface area contributed by atoms with E-state index < -0.39 is 0 Å². The molecule has 0 spiro atoms. The highest BCUT2D eigenvalue weighted by Crippen LogP contribution is 1.79. The van der Waals surface area contributed by atoms with E-state index in [4.69, 9.17) is 0 Å². The number of carbonyl (C=O) groups is 1. The monoisotopic (exact) mass is 199 g/mol. The number of nitrogens with one attached hydrogen (secondary N) is 2. The Hall–Kier alpha value is -0.870. The summed E-state index contributed by atoms with van der Waals surface area (Å²) in [5.74, 6) is -0.111. The smallest absolute Gasteiger partial charge is 0.243 e. The van der Waals surface area contributed by atoms with Crippen LogP contribution in [0, 0.1) is 0 Å². The molecule has 82 valence electrons. The van der Waals surface area contributed by atoms with Crippen molar-refractivity contribution in [3.8, 4) is 0 Å². The van der Waals surface area contributed by atoms with Crippen molar-refractivity contribution in [2.75, 3.05) is 40.3 Å². The molecule has 0 aliphatic carbocycles. The Balaban J connectivity index is 3.06. The van der Waals surface area contributed by atoms with E-state index in [1.54, 1.807) is 0 Å². The molecule has 0 heterocycles. The molecule has 0 aliphatic heterocycles. The zero-order valence-electron chi connectivity index (χ0n) is 9.18. The molecule has 0 radical (unpaired) electrons. The lowest BCUT2D eigenvalue weighted by Crippen LogP contribution is -2.31. The van der Waals surface area contributed by atoms with Crippen LogP contribution in [0.3, 0.4) is 0 Å². The van der Waals surface area contributed by atoms with Crippen LogP contribution in [-0.4, -0.2) is 51.1 Å². The number of rotatable bonds is 8.